The summed E-state index contributed by atoms with van der Waals surface area (Å²) in [6, 6.07) is 17.3. The lowest BCUT2D eigenvalue weighted by Gasteiger charge is -2.37. The van der Waals surface area contributed by atoms with Crippen LogP contribution in [0.5, 0.6) is 0 Å². The zero-order valence-corrected chi connectivity index (χ0v) is 26.8. The minimum atomic E-state index is -1.16. The van der Waals surface area contributed by atoms with E-state index in [1.807, 2.05) is 60.7 Å². The molecule has 0 aliphatic carbocycles. The van der Waals surface area contributed by atoms with Crippen molar-refractivity contribution >= 4 is 23.7 Å². The Morgan fingerprint density at radius 2 is 1.81 bits per heavy atom. The first-order chi connectivity index (χ1) is 22.8. The number of allylic oxidation sites excluding steroid dienone is 1. The first kappa shape index (κ1) is 34.1. The first-order valence-electron chi connectivity index (χ1n) is 16.5. The Bertz CT molecular complexity index is 1430. The molecule has 3 aliphatic rings. The molecule has 3 aliphatic heterocycles. The highest BCUT2D eigenvalue weighted by Crippen LogP contribution is 2.58. The number of carbonyl (C=O) groups is 4. The molecule has 3 amide bonds. The number of hydrogen-bond acceptors (Lipinski definition) is 7. The Balaban J connectivity index is 1.42. The molecule has 3 fully saturated rings. The molecule has 2 bridgehead atoms. The molecule has 10 heteroatoms. The lowest BCUT2D eigenvalue weighted by Crippen LogP contribution is -2.56. The van der Waals surface area contributed by atoms with E-state index in [2.05, 4.69) is 18.5 Å². The molecule has 250 valence electrons. The Labute approximate surface area is 276 Å². The maximum atomic E-state index is 14.5. The van der Waals surface area contributed by atoms with E-state index in [4.69, 9.17) is 9.47 Å². The molecular weight excluding hydrogens is 598 g/mol. The predicted molar refractivity (Wildman–Crippen MR) is 175 cm³/mol. The monoisotopic (exact) mass is 643 g/mol. The van der Waals surface area contributed by atoms with Crippen molar-refractivity contribution in [2.75, 3.05) is 26.3 Å². The molecule has 2 N–H and O–H groups in total. The summed E-state index contributed by atoms with van der Waals surface area (Å²) in [6.07, 6.45) is 5.42. The Morgan fingerprint density at radius 1 is 1.09 bits per heavy atom. The number of aliphatic hydroxyl groups excluding tert-OH is 1. The first-order valence-corrected chi connectivity index (χ1v) is 16.5. The number of hydrogen-bond donors (Lipinski definition) is 2. The van der Waals surface area contributed by atoms with Gasteiger partial charge in [0.05, 0.1) is 24.0 Å². The zero-order valence-electron chi connectivity index (χ0n) is 26.8. The second-order valence-corrected chi connectivity index (χ2v) is 12.5. The van der Waals surface area contributed by atoms with Crippen LogP contribution in [0.25, 0.3) is 0 Å². The van der Waals surface area contributed by atoms with Gasteiger partial charge in [-0.3, -0.25) is 19.2 Å². The van der Waals surface area contributed by atoms with Crippen molar-refractivity contribution in [1.82, 2.24) is 15.1 Å². The van der Waals surface area contributed by atoms with Crippen molar-refractivity contribution in [3.63, 3.8) is 0 Å². The van der Waals surface area contributed by atoms with E-state index in [1.54, 1.807) is 22.0 Å². The lowest BCUT2D eigenvalue weighted by molar-refractivity contribution is -0.148. The van der Waals surface area contributed by atoms with Gasteiger partial charge in [0.25, 0.3) is 0 Å². The summed E-state index contributed by atoms with van der Waals surface area (Å²) in [6.45, 7) is 8.27. The van der Waals surface area contributed by atoms with Gasteiger partial charge in [0.2, 0.25) is 17.7 Å². The minimum Gasteiger partial charge on any atom is -0.463 e. The van der Waals surface area contributed by atoms with Crippen LogP contribution in [0.3, 0.4) is 0 Å². The summed E-state index contributed by atoms with van der Waals surface area (Å²) >= 11 is 0. The third-order valence-electron chi connectivity index (χ3n) is 9.50. The van der Waals surface area contributed by atoms with Crippen molar-refractivity contribution in [2.24, 2.45) is 11.8 Å². The zero-order chi connectivity index (χ0) is 33.4. The molecule has 47 heavy (non-hydrogen) atoms. The van der Waals surface area contributed by atoms with Crippen LogP contribution in [0.2, 0.25) is 0 Å². The van der Waals surface area contributed by atoms with Gasteiger partial charge in [0.15, 0.2) is 0 Å². The summed E-state index contributed by atoms with van der Waals surface area (Å²) in [5, 5.41) is 12.5. The largest absolute Gasteiger partial charge is 0.463 e. The molecule has 0 aromatic heterocycles. The van der Waals surface area contributed by atoms with Gasteiger partial charge in [-0.25, -0.2) is 0 Å². The molecule has 3 saturated heterocycles. The third kappa shape index (κ3) is 7.18. The number of rotatable bonds is 17. The number of fused-ring (bicyclic) bond motifs is 1. The highest BCUT2D eigenvalue weighted by atomic mass is 16.5. The Morgan fingerprint density at radius 3 is 2.49 bits per heavy atom. The molecule has 10 nitrogen and oxygen atoms in total. The van der Waals surface area contributed by atoms with Gasteiger partial charge in [-0.1, -0.05) is 72.8 Å². The standard InChI is InChI=1S/C37H45N3O7/c1-3-5-18-30(42)46-25-28(27-16-10-7-11-17-27)38-34(43)31-29-19-20-37(47-29)32(31)35(44)40(22-12-13-23-41)33(37)36(45)39(21-4-2)24-26-14-8-6-9-15-26/h3-4,6-11,14-17,28-29,31-33,41H,1-2,5,12-13,18-25H2,(H,38,43)/t28-,29+,31-,32-,33+,37-/m0/s1. The number of benzene rings is 2. The van der Waals surface area contributed by atoms with Gasteiger partial charge in [-0.05, 0) is 43.2 Å². The number of likely N-dealkylation sites (tertiary alicyclic amines) is 1. The number of nitrogens with zero attached hydrogens (tertiary/aromatic N) is 2. The maximum absolute atomic E-state index is 14.5. The molecular formula is C37H45N3O7. The molecule has 0 saturated carbocycles. The Hall–Kier alpha value is -4.28. The van der Waals surface area contributed by atoms with Crippen molar-refractivity contribution in [3.8, 4) is 0 Å². The SMILES string of the molecule is C=CCCC(=O)OC[C@H](NC(=O)[C@@H]1[C@H]2C(=O)N(CCCCO)[C@H](C(=O)N(CC=C)Cc3ccccc3)[C@]23CC[C@H]1O3)c1ccccc1. The minimum absolute atomic E-state index is 0.0333. The van der Waals surface area contributed by atoms with Crippen LogP contribution >= 0.6 is 0 Å². The van der Waals surface area contributed by atoms with E-state index in [1.165, 1.54) is 0 Å². The number of nitrogens with one attached hydrogen (secondary N) is 1. The summed E-state index contributed by atoms with van der Waals surface area (Å²) in [4.78, 5) is 58.6. The quantitative estimate of drug-likeness (QED) is 0.153. The van der Waals surface area contributed by atoms with Gasteiger partial charge in [0.1, 0.15) is 18.2 Å². The van der Waals surface area contributed by atoms with E-state index in [-0.39, 0.29) is 50.4 Å². The number of ether oxygens (including phenoxy) is 2. The fourth-order valence-electron chi connectivity index (χ4n) is 7.38. The number of unbranched alkanes of at least 4 members (excludes halogenated alkanes) is 1. The van der Waals surface area contributed by atoms with Crippen molar-refractivity contribution in [1.29, 1.82) is 0 Å². The van der Waals surface area contributed by atoms with E-state index in [0.29, 0.717) is 38.6 Å². The van der Waals surface area contributed by atoms with E-state index in [0.717, 1.165) is 11.1 Å². The second kappa shape index (κ2) is 15.5. The van der Waals surface area contributed by atoms with Crippen molar-refractivity contribution in [3.05, 3.63) is 97.1 Å². The molecule has 0 radical (unpaired) electrons. The summed E-state index contributed by atoms with van der Waals surface area (Å²) in [7, 11) is 0. The van der Waals surface area contributed by atoms with Crippen LogP contribution in [-0.4, -0.2) is 82.6 Å². The fraction of sp³-hybridized carbons (Fsp3) is 0.459. The maximum Gasteiger partial charge on any atom is 0.306 e. The van der Waals surface area contributed by atoms with Crippen LogP contribution in [0.1, 0.15) is 55.7 Å². The topological polar surface area (TPSA) is 125 Å². The van der Waals surface area contributed by atoms with Crippen LogP contribution in [-0.2, 0) is 35.2 Å². The van der Waals surface area contributed by atoms with Crippen LogP contribution in [0.4, 0.5) is 0 Å². The molecule has 0 unspecified atom stereocenters. The van der Waals surface area contributed by atoms with Crippen LogP contribution in [0, 0.1) is 11.8 Å². The molecule has 3 heterocycles. The highest BCUT2D eigenvalue weighted by molar-refractivity contribution is 5.99. The lowest BCUT2D eigenvalue weighted by atomic mass is 9.70. The molecule has 5 rings (SSSR count). The van der Waals surface area contributed by atoms with Crippen molar-refractivity contribution in [2.45, 2.75) is 68.9 Å². The fourth-order valence-corrected chi connectivity index (χ4v) is 7.38. The molecule has 6 atom stereocenters. The summed E-state index contributed by atoms with van der Waals surface area (Å²) < 4.78 is 12.2. The average molecular weight is 644 g/mol. The number of amides is 3. The highest BCUT2D eigenvalue weighted by Gasteiger charge is 2.74. The van der Waals surface area contributed by atoms with Gasteiger partial charge in [-0.15, -0.1) is 13.2 Å². The smallest absolute Gasteiger partial charge is 0.306 e. The van der Waals surface area contributed by atoms with Gasteiger partial charge >= 0.3 is 5.97 Å². The Kier molecular flexibility index (Phi) is 11.3. The van der Waals surface area contributed by atoms with Gasteiger partial charge < -0.3 is 29.7 Å². The molecule has 2 aromatic rings. The number of esters is 1. The predicted octanol–water partition coefficient (Wildman–Crippen LogP) is 3.72. The third-order valence-corrected chi connectivity index (χ3v) is 9.50. The second-order valence-electron chi connectivity index (χ2n) is 12.5. The summed E-state index contributed by atoms with van der Waals surface area (Å²) in [5.74, 6) is -2.97. The average Bonchev–Trinajstić information content (AvgIpc) is 3.73. The van der Waals surface area contributed by atoms with Gasteiger partial charge in [-0.2, -0.15) is 0 Å². The van der Waals surface area contributed by atoms with Crippen LogP contribution in [0.15, 0.2) is 86.0 Å². The molecule has 1 spiro atoms. The van der Waals surface area contributed by atoms with Crippen molar-refractivity contribution < 1.29 is 33.8 Å². The van der Waals surface area contributed by atoms with E-state index >= 15 is 0 Å². The number of aliphatic hydroxyl groups is 1. The van der Waals surface area contributed by atoms with Crippen LogP contribution < -0.4 is 5.32 Å². The molecule has 2 aromatic carbocycles. The number of carbonyl (C=O) groups excluding carboxylic acids is 4. The summed E-state index contributed by atoms with van der Waals surface area (Å²) in [5.41, 5.74) is 0.544. The normalized spacial score (nSPS) is 24.8. The van der Waals surface area contributed by atoms with E-state index in [9.17, 15) is 24.3 Å². The van der Waals surface area contributed by atoms with Gasteiger partial charge in [0, 0.05) is 32.7 Å². The van der Waals surface area contributed by atoms with E-state index < -0.39 is 41.6 Å².